The van der Waals surface area contributed by atoms with Crippen LogP contribution in [-0.2, 0) is 16.7 Å². The van der Waals surface area contributed by atoms with Gasteiger partial charge in [-0.3, -0.25) is 0 Å². The molecule has 0 N–H and O–H groups in total. The van der Waals surface area contributed by atoms with Crippen molar-refractivity contribution in [2.45, 2.75) is 26.8 Å². The Bertz CT molecular complexity index is 1390. The molecule has 0 aliphatic rings. The Hall–Kier alpha value is -2.74. The third-order valence-electron chi connectivity index (χ3n) is 5.84. The highest BCUT2D eigenvalue weighted by Gasteiger charge is 2.20. The molecule has 1 heterocycles. The Kier molecular flexibility index (Phi) is 7.12. The van der Waals surface area contributed by atoms with Crippen LogP contribution >= 0.6 is 11.3 Å². The quantitative estimate of drug-likeness (QED) is 0.241. The highest BCUT2D eigenvalue weighted by Crippen LogP contribution is 2.30. The van der Waals surface area contributed by atoms with Gasteiger partial charge in [-0.05, 0) is 49.1 Å². The lowest BCUT2D eigenvalue weighted by Gasteiger charge is -2.20. The summed E-state index contributed by atoms with van der Waals surface area (Å²) in [5.41, 5.74) is 3.36. The second-order valence-electron chi connectivity index (χ2n) is 7.94. The third-order valence-corrected chi connectivity index (χ3v) is 7.83. The number of hydrogen-bond donors (Lipinski definition) is 0. The molecule has 0 atom stereocenters. The van der Waals surface area contributed by atoms with Crippen LogP contribution in [0.5, 0.6) is 0 Å². The predicted octanol–water partition coefficient (Wildman–Crippen LogP) is 5.29. The van der Waals surface area contributed by atoms with Crippen molar-refractivity contribution >= 4 is 60.3 Å². The van der Waals surface area contributed by atoms with Crippen molar-refractivity contribution in [3.63, 3.8) is 0 Å². The molecule has 0 saturated carbocycles. The lowest BCUT2D eigenvalue weighted by molar-refractivity contribution is -0.668. The maximum atomic E-state index is 11.1. The van der Waals surface area contributed by atoms with Crippen LogP contribution in [0.1, 0.15) is 30.8 Å². The summed E-state index contributed by atoms with van der Waals surface area (Å²) in [6.07, 6.45) is 4.45. The van der Waals surface area contributed by atoms with Gasteiger partial charge < -0.3 is 9.45 Å². The highest BCUT2D eigenvalue weighted by atomic mass is 32.2. The Morgan fingerprint density at radius 2 is 1.70 bits per heavy atom. The summed E-state index contributed by atoms with van der Waals surface area (Å²) in [5.74, 6) is -0.360. The van der Waals surface area contributed by atoms with Crippen molar-refractivity contribution in [3.05, 3.63) is 71.2 Å². The molecule has 0 unspecified atom stereocenters. The van der Waals surface area contributed by atoms with Crippen LogP contribution in [0.15, 0.2) is 60.7 Å². The van der Waals surface area contributed by atoms with Crippen molar-refractivity contribution in [2.24, 2.45) is 0 Å². The van der Waals surface area contributed by atoms with Gasteiger partial charge in [-0.15, -0.1) is 0 Å². The molecule has 1 aromatic heterocycles. The van der Waals surface area contributed by atoms with Crippen LogP contribution in [0, 0.1) is 0 Å². The first-order chi connectivity index (χ1) is 15.9. The molecule has 33 heavy (non-hydrogen) atoms. The van der Waals surface area contributed by atoms with Crippen molar-refractivity contribution in [1.82, 2.24) is 0 Å². The SMILES string of the molecule is CCN(CC)c1ccc(/C=C/c2sc3c4ccccc4ccc3[n+]2CCCS(=O)(=O)[O-])cc1. The maximum absolute atomic E-state index is 11.1. The summed E-state index contributed by atoms with van der Waals surface area (Å²) in [5, 5.41) is 3.37. The smallest absolute Gasteiger partial charge is 0.262 e. The summed E-state index contributed by atoms with van der Waals surface area (Å²) >= 11 is 1.69. The van der Waals surface area contributed by atoms with Gasteiger partial charge in [-0.1, -0.05) is 47.7 Å². The minimum atomic E-state index is -4.23. The van der Waals surface area contributed by atoms with E-state index >= 15 is 0 Å². The third kappa shape index (κ3) is 5.43. The number of benzene rings is 3. The zero-order valence-corrected chi connectivity index (χ0v) is 20.5. The first-order valence-corrected chi connectivity index (χ1v) is 13.6. The molecule has 0 bridgehead atoms. The standard InChI is InChI=1S/C26H28N2O3S2/c1-3-27(4-2)22-14-10-20(11-15-22)12-17-25-28(18-7-19-33(29,30)31)24-16-13-21-8-5-6-9-23(21)26(24)32-25/h5-6,8-17H,3-4,7,18-19H2,1-2H3. The Morgan fingerprint density at radius 1 is 0.970 bits per heavy atom. The van der Waals surface area contributed by atoms with Gasteiger partial charge in [-0.25, -0.2) is 8.42 Å². The minimum Gasteiger partial charge on any atom is -0.748 e. The van der Waals surface area contributed by atoms with Crippen LogP contribution in [-0.4, -0.2) is 31.8 Å². The van der Waals surface area contributed by atoms with Crippen molar-refractivity contribution in [3.8, 4) is 0 Å². The summed E-state index contributed by atoms with van der Waals surface area (Å²) in [6, 6.07) is 20.9. The molecule has 0 spiro atoms. The van der Waals surface area contributed by atoms with Crippen molar-refractivity contribution in [2.75, 3.05) is 23.7 Å². The van der Waals surface area contributed by atoms with Crippen LogP contribution in [0.4, 0.5) is 5.69 Å². The molecule has 0 fully saturated rings. The average molecular weight is 481 g/mol. The van der Waals surface area contributed by atoms with E-state index < -0.39 is 10.1 Å². The molecular formula is C26H28N2O3S2. The van der Waals surface area contributed by atoms with Crippen LogP contribution in [0.25, 0.3) is 33.1 Å². The zero-order valence-electron chi connectivity index (χ0n) is 18.9. The second kappa shape index (κ2) is 10.0. The zero-order chi connectivity index (χ0) is 23.4. The number of nitrogens with zero attached hydrogens (tertiary/aromatic N) is 2. The average Bonchev–Trinajstić information content (AvgIpc) is 3.16. The fourth-order valence-corrected chi connectivity index (χ4v) is 5.84. The predicted molar refractivity (Wildman–Crippen MR) is 138 cm³/mol. The topological polar surface area (TPSA) is 64.3 Å². The summed E-state index contributed by atoms with van der Waals surface area (Å²) in [7, 11) is -4.23. The fourth-order valence-electron chi connectivity index (χ4n) is 4.14. The molecular weight excluding hydrogens is 452 g/mol. The van der Waals surface area contributed by atoms with E-state index in [1.54, 1.807) is 11.3 Å². The van der Waals surface area contributed by atoms with E-state index in [4.69, 9.17) is 0 Å². The number of thiazole rings is 1. The number of anilines is 1. The largest absolute Gasteiger partial charge is 0.748 e. The van der Waals surface area contributed by atoms with E-state index in [0.29, 0.717) is 6.54 Å². The van der Waals surface area contributed by atoms with E-state index in [9.17, 15) is 13.0 Å². The first-order valence-electron chi connectivity index (χ1n) is 11.2. The molecule has 0 aliphatic carbocycles. The molecule has 0 radical (unpaired) electrons. The number of hydrogen-bond acceptors (Lipinski definition) is 5. The summed E-state index contributed by atoms with van der Waals surface area (Å²) in [6.45, 7) is 6.72. The number of fused-ring (bicyclic) bond motifs is 3. The molecule has 5 nitrogen and oxygen atoms in total. The number of rotatable bonds is 9. The lowest BCUT2D eigenvalue weighted by atomic mass is 10.1. The highest BCUT2D eigenvalue weighted by molar-refractivity contribution is 7.85. The lowest BCUT2D eigenvalue weighted by Crippen LogP contribution is -2.36. The fraction of sp³-hybridized carbons (Fsp3) is 0.269. The maximum Gasteiger partial charge on any atom is 0.262 e. The number of aromatic nitrogens is 1. The molecule has 172 valence electrons. The van der Waals surface area contributed by atoms with E-state index in [2.05, 4.69) is 84.0 Å². The molecule has 4 rings (SSSR count). The van der Waals surface area contributed by atoms with Gasteiger partial charge in [0.15, 0.2) is 6.54 Å². The molecule has 4 aromatic rings. The van der Waals surface area contributed by atoms with Gasteiger partial charge in [0.25, 0.3) is 5.01 Å². The van der Waals surface area contributed by atoms with Gasteiger partial charge in [0.05, 0.1) is 10.1 Å². The first kappa shape index (κ1) is 23.4. The monoisotopic (exact) mass is 480 g/mol. The second-order valence-corrected chi connectivity index (χ2v) is 10.5. The van der Waals surface area contributed by atoms with Crippen molar-refractivity contribution < 1.29 is 17.5 Å². The molecule has 0 saturated heterocycles. The molecule has 0 amide bonds. The molecule has 0 aliphatic heterocycles. The number of aryl methyl sites for hydroxylation is 1. The van der Waals surface area contributed by atoms with E-state index in [-0.39, 0.29) is 12.2 Å². The van der Waals surface area contributed by atoms with E-state index in [0.717, 1.165) is 33.9 Å². The van der Waals surface area contributed by atoms with Gasteiger partial charge >= 0.3 is 0 Å². The molecule has 7 heteroatoms. The van der Waals surface area contributed by atoms with Crippen molar-refractivity contribution in [1.29, 1.82) is 0 Å². The van der Waals surface area contributed by atoms with Gasteiger partial charge in [-0.2, -0.15) is 4.57 Å². The Balaban J connectivity index is 1.70. The van der Waals surface area contributed by atoms with Gasteiger partial charge in [0.1, 0.15) is 4.70 Å². The molecule has 3 aromatic carbocycles. The summed E-state index contributed by atoms with van der Waals surface area (Å²) < 4.78 is 36.7. The Labute approximate surface area is 199 Å². The van der Waals surface area contributed by atoms with Gasteiger partial charge in [0, 0.05) is 48.5 Å². The van der Waals surface area contributed by atoms with Gasteiger partial charge in [0.2, 0.25) is 5.52 Å². The normalized spacial score (nSPS) is 12.2. The van der Waals surface area contributed by atoms with E-state index in [1.165, 1.54) is 16.5 Å². The van der Waals surface area contributed by atoms with Crippen LogP contribution in [0.2, 0.25) is 0 Å². The van der Waals surface area contributed by atoms with E-state index in [1.807, 2.05) is 12.1 Å². The summed E-state index contributed by atoms with van der Waals surface area (Å²) in [4.78, 5) is 2.31. The Morgan fingerprint density at radius 3 is 2.39 bits per heavy atom. The van der Waals surface area contributed by atoms with Crippen LogP contribution in [0.3, 0.4) is 0 Å². The van der Waals surface area contributed by atoms with Crippen LogP contribution < -0.4 is 9.47 Å². The minimum absolute atomic E-state index is 0.286.